The molecule has 0 bridgehead atoms. The molecule has 1 fully saturated rings. The fourth-order valence-corrected chi connectivity index (χ4v) is 4.99. The minimum Gasteiger partial charge on any atom is -0.461 e. The quantitative estimate of drug-likeness (QED) is 0.181. The highest BCUT2D eigenvalue weighted by Crippen LogP contribution is 2.30. The maximum absolute atomic E-state index is 14.6. The molecule has 2 amide bonds. The number of rotatable bonds is 9. The van der Waals surface area contributed by atoms with Crippen LogP contribution in [0.15, 0.2) is 47.6 Å². The van der Waals surface area contributed by atoms with Crippen LogP contribution in [0.1, 0.15) is 44.7 Å². The number of esters is 1. The van der Waals surface area contributed by atoms with Crippen molar-refractivity contribution in [3.63, 3.8) is 0 Å². The summed E-state index contributed by atoms with van der Waals surface area (Å²) in [4.78, 5) is 41.7. The zero-order valence-electron chi connectivity index (χ0n) is 25.2. The van der Waals surface area contributed by atoms with E-state index in [-0.39, 0.29) is 36.1 Å². The second-order valence-corrected chi connectivity index (χ2v) is 11.8. The van der Waals surface area contributed by atoms with Gasteiger partial charge in [-0.2, -0.15) is 10.1 Å². The van der Waals surface area contributed by atoms with Gasteiger partial charge in [-0.05, 0) is 44.4 Å². The number of carbonyl (C=O) groups is 3. The molecule has 46 heavy (non-hydrogen) atoms. The first kappa shape index (κ1) is 34.4. The van der Waals surface area contributed by atoms with Gasteiger partial charge in [-0.1, -0.05) is 30.3 Å². The first-order chi connectivity index (χ1) is 21.5. The van der Waals surface area contributed by atoms with Crippen LogP contribution in [0.4, 0.5) is 31.1 Å². The number of halogens is 6. The molecule has 0 spiro atoms. The molecule has 0 saturated carbocycles. The fraction of sp³-hybridized carbons (Fsp3) is 0.467. The largest absolute Gasteiger partial charge is 0.502 e. The third-order valence-corrected chi connectivity index (χ3v) is 7.05. The molecule has 1 N–H and O–H groups in total. The number of benzene rings is 2. The number of carbonyl (C=O) groups excluding carboxylic acids is 3. The average molecular weight is 658 g/mol. The molecule has 10 nitrogen and oxygen atoms in total. The monoisotopic (exact) mass is 657 g/mol. The van der Waals surface area contributed by atoms with Gasteiger partial charge in [0.2, 0.25) is 5.91 Å². The lowest BCUT2D eigenvalue weighted by Crippen LogP contribution is -2.59. The zero-order valence-corrected chi connectivity index (χ0v) is 25.2. The van der Waals surface area contributed by atoms with E-state index in [0.717, 1.165) is 4.90 Å². The standard InChI is InChI=1S/C30H33F6N5O5/c1-29(2,3)46-28(44)37-20(11-19-12-22(32)23(33)14-21(19)31)13-25(42)40-10-9-39-17-41(30(34,35)36)38-27(39)24(40)15-26(43)45-16-18-7-5-4-6-8-18/h4-8,12,14,20,24H,9-11,13,15-17H2,1-3H3,(H,37,44). The first-order valence-electron chi connectivity index (χ1n) is 14.3. The van der Waals surface area contributed by atoms with E-state index in [2.05, 4.69) is 10.4 Å². The summed E-state index contributed by atoms with van der Waals surface area (Å²) in [5, 5.41) is 5.99. The molecule has 2 aliphatic heterocycles. The number of nitrogens with zero attached hydrogens (tertiary/aromatic N) is 4. The van der Waals surface area contributed by atoms with Crippen LogP contribution in [0.2, 0.25) is 0 Å². The van der Waals surface area contributed by atoms with Crippen molar-refractivity contribution < 1.29 is 50.2 Å². The Bertz CT molecular complexity index is 1470. The van der Waals surface area contributed by atoms with Crippen LogP contribution in [0.5, 0.6) is 0 Å². The second-order valence-electron chi connectivity index (χ2n) is 11.8. The molecule has 4 rings (SSSR count). The van der Waals surface area contributed by atoms with Gasteiger partial charge in [0.05, 0.1) is 6.42 Å². The van der Waals surface area contributed by atoms with Crippen LogP contribution in [0.3, 0.4) is 0 Å². The van der Waals surface area contributed by atoms with E-state index in [1.54, 1.807) is 51.1 Å². The van der Waals surface area contributed by atoms with Crippen LogP contribution in [0.25, 0.3) is 0 Å². The van der Waals surface area contributed by atoms with E-state index in [4.69, 9.17) is 9.47 Å². The Hall–Kier alpha value is -4.50. The number of amides is 2. The molecule has 2 aliphatic rings. The first-order valence-corrected chi connectivity index (χ1v) is 14.3. The van der Waals surface area contributed by atoms with E-state index >= 15 is 0 Å². The van der Waals surface area contributed by atoms with Gasteiger partial charge >= 0.3 is 18.4 Å². The Morgan fingerprint density at radius 1 is 1.00 bits per heavy atom. The highest BCUT2D eigenvalue weighted by molar-refractivity contribution is 5.96. The number of hydrogen-bond donors (Lipinski definition) is 1. The van der Waals surface area contributed by atoms with Crippen LogP contribution in [-0.2, 0) is 32.1 Å². The highest BCUT2D eigenvalue weighted by Gasteiger charge is 2.47. The average Bonchev–Trinajstić information content (AvgIpc) is 3.40. The molecule has 2 heterocycles. The summed E-state index contributed by atoms with van der Waals surface area (Å²) in [6, 6.07) is 7.07. The Morgan fingerprint density at radius 2 is 1.67 bits per heavy atom. The minimum absolute atomic E-state index is 0.0608. The maximum atomic E-state index is 14.6. The van der Waals surface area contributed by atoms with Gasteiger partial charge < -0.3 is 24.6 Å². The minimum atomic E-state index is -4.82. The molecule has 2 aromatic rings. The van der Waals surface area contributed by atoms with Crippen molar-refractivity contribution in [2.45, 2.75) is 70.6 Å². The van der Waals surface area contributed by atoms with Crippen LogP contribution >= 0.6 is 0 Å². The number of ether oxygens (including phenoxy) is 2. The van der Waals surface area contributed by atoms with Crippen molar-refractivity contribution >= 4 is 23.8 Å². The summed E-state index contributed by atoms with van der Waals surface area (Å²) in [5.74, 6) is -5.64. The van der Waals surface area contributed by atoms with Gasteiger partial charge in [-0.25, -0.2) is 18.0 Å². The molecule has 250 valence electrons. The molecule has 2 aromatic carbocycles. The lowest BCUT2D eigenvalue weighted by Gasteiger charge is -2.40. The van der Waals surface area contributed by atoms with Crippen molar-refractivity contribution in [1.82, 2.24) is 20.1 Å². The summed E-state index contributed by atoms with van der Waals surface area (Å²) < 4.78 is 93.3. The van der Waals surface area contributed by atoms with Crippen molar-refractivity contribution in [2.24, 2.45) is 5.10 Å². The maximum Gasteiger partial charge on any atom is 0.502 e. The van der Waals surface area contributed by atoms with Gasteiger partial charge in [-0.3, -0.25) is 9.59 Å². The van der Waals surface area contributed by atoms with E-state index in [9.17, 15) is 40.7 Å². The summed E-state index contributed by atoms with van der Waals surface area (Å²) in [6.45, 7) is 3.79. The number of fused-ring (bicyclic) bond motifs is 1. The summed E-state index contributed by atoms with van der Waals surface area (Å²) in [5.41, 5.74) is -0.645. The van der Waals surface area contributed by atoms with E-state index in [0.29, 0.717) is 17.7 Å². The van der Waals surface area contributed by atoms with Crippen LogP contribution in [-0.4, -0.2) is 82.4 Å². The fourth-order valence-electron chi connectivity index (χ4n) is 4.99. The molecular formula is C30H33F6N5O5. The molecule has 2 unspecified atom stereocenters. The van der Waals surface area contributed by atoms with Crippen molar-refractivity contribution in [3.05, 3.63) is 71.0 Å². The Kier molecular flexibility index (Phi) is 10.4. The van der Waals surface area contributed by atoms with Gasteiger partial charge in [0.25, 0.3) is 0 Å². The lowest BCUT2D eigenvalue weighted by atomic mass is 10.00. The predicted octanol–water partition coefficient (Wildman–Crippen LogP) is 4.68. The smallest absolute Gasteiger partial charge is 0.461 e. The number of nitrogens with one attached hydrogen (secondary N) is 1. The number of amidine groups is 1. The van der Waals surface area contributed by atoms with Crippen LogP contribution < -0.4 is 5.32 Å². The molecule has 0 radical (unpaired) electrons. The molecule has 0 aliphatic carbocycles. The van der Waals surface area contributed by atoms with E-state index in [1.165, 1.54) is 4.90 Å². The molecule has 1 saturated heterocycles. The van der Waals surface area contributed by atoms with Crippen molar-refractivity contribution in [1.29, 1.82) is 0 Å². The van der Waals surface area contributed by atoms with Crippen molar-refractivity contribution in [3.8, 4) is 0 Å². The normalized spacial score (nSPS) is 17.3. The number of hydrazone groups is 1. The number of hydrogen-bond acceptors (Lipinski definition) is 8. The lowest BCUT2D eigenvalue weighted by molar-refractivity contribution is -0.247. The molecule has 16 heteroatoms. The Morgan fingerprint density at radius 3 is 2.33 bits per heavy atom. The second kappa shape index (κ2) is 13.9. The number of piperazine rings is 1. The third-order valence-electron chi connectivity index (χ3n) is 7.05. The third kappa shape index (κ3) is 9.03. The summed E-state index contributed by atoms with van der Waals surface area (Å²) in [7, 11) is 0. The van der Waals surface area contributed by atoms with Gasteiger partial charge in [0, 0.05) is 31.6 Å². The Balaban J connectivity index is 1.58. The van der Waals surface area contributed by atoms with E-state index < -0.39 is 85.3 Å². The Labute approximate surface area is 260 Å². The topological polar surface area (TPSA) is 104 Å². The van der Waals surface area contributed by atoms with Crippen molar-refractivity contribution in [2.75, 3.05) is 19.8 Å². The summed E-state index contributed by atoms with van der Waals surface area (Å²) in [6.07, 6.45) is -7.39. The van der Waals surface area contributed by atoms with Gasteiger partial charge in [0.15, 0.2) is 11.6 Å². The van der Waals surface area contributed by atoms with Crippen LogP contribution in [0, 0.1) is 17.5 Å². The van der Waals surface area contributed by atoms with E-state index in [1.807, 2.05) is 0 Å². The summed E-state index contributed by atoms with van der Waals surface area (Å²) >= 11 is 0. The highest BCUT2D eigenvalue weighted by atomic mass is 19.4. The molecular weight excluding hydrogens is 624 g/mol. The van der Waals surface area contributed by atoms with Gasteiger partial charge in [-0.15, -0.1) is 13.2 Å². The van der Waals surface area contributed by atoms with Gasteiger partial charge in [0.1, 0.15) is 36.6 Å². The SMILES string of the molecule is CC(C)(C)OC(=O)NC(CC(=O)N1CCN2CN(C(F)(F)F)N=C2C1CC(=O)OCc1ccccc1)Cc1cc(F)c(F)cc1F. The zero-order chi connectivity index (χ0) is 33.8. The number of alkyl carbamates (subject to hydrolysis) is 1. The molecule has 0 aromatic heterocycles. The number of alkyl halides is 3. The molecule has 2 atom stereocenters. The predicted molar refractivity (Wildman–Crippen MR) is 151 cm³/mol.